The predicted molar refractivity (Wildman–Crippen MR) is 87.5 cm³/mol. The van der Waals surface area contributed by atoms with Crippen LogP contribution in [0.1, 0.15) is 24.0 Å². The van der Waals surface area contributed by atoms with Crippen molar-refractivity contribution in [2.45, 2.75) is 37.0 Å². The Kier molecular flexibility index (Phi) is 3.29. The Hall–Kier alpha value is -1.04. The van der Waals surface area contributed by atoms with Crippen LogP contribution in [0.3, 0.4) is 0 Å². The topological polar surface area (TPSA) is 41.9 Å². The lowest BCUT2D eigenvalue weighted by atomic mass is 9.69. The van der Waals surface area contributed by atoms with Crippen molar-refractivity contribution in [2.24, 2.45) is 0 Å². The molecule has 4 rings (SSSR count). The number of hydrogen-bond donors (Lipinski definition) is 1. The highest BCUT2D eigenvalue weighted by Crippen LogP contribution is 2.57. The Balaban J connectivity index is 2.00. The minimum atomic E-state index is -0.427. The van der Waals surface area contributed by atoms with Crippen LogP contribution in [0.4, 0.5) is 0 Å². The molecule has 0 aromatic heterocycles. The van der Waals surface area contributed by atoms with Gasteiger partial charge in [0.25, 0.3) is 0 Å². The molecule has 2 aliphatic heterocycles. The van der Waals surface area contributed by atoms with E-state index in [1.165, 1.54) is 11.1 Å². The zero-order chi connectivity index (χ0) is 15.5. The quantitative estimate of drug-likeness (QED) is 0.776. The zero-order valence-electron chi connectivity index (χ0n) is 12.8. The van der Waals surface area contributed by atoms with Crippen LogP contribution in [-0.2, 0) is 12.0 Å². The normalized spacial score (nSPS) is 32.9. The summed E-state index contributed by atoms with van der Waals surface area (Å²) in [5.74, 6) is 1.63. The zero-order valence-corrected chi connectivity index (χ0v) is 14.4. The van der Waals surface area contributed by atoms with E-state index in [0.29, 0.717) is 6.42 Å². The minimum Gasteiger partial charge on any atom is -0.493 e. The van der Waals surface area contributed by atoms with Gasteiger partial charge in [-0.05, 0) is 31.6 Å². The highest BCUT2D eigenvalue weighted by molar-refractivity contribution is 9.10. The number of methoxy groups -OCH3 is 1. The summed E-state index contributed by atoms with van der Waals surface area (Å²) in [5.41, 5.74) is 2.38. The van der Waals surface area contributed by atoms with Crippen molar-refractivity contribution in [1.82, 2.24) is 4.90 Å². The number of rotatable bonds is 1. The van der Waals surface area contributed by atoms with E-state index < -0.39 is 6.10 Å². The number of aliphatic hydroxyl groups is 1. The Labute approximate surface area is 138 Å². The third-order valence-electron chi connectivity index (χ3n) is 5.23. The highest BCUT2D eigenvalue weighted by Gasteiger charge is 2.53. The maximum Gasteiger partial charge on any atom is 0.166 e. The van der Waals surface area contributed by atoms with Gasteiger partial charge in [0, 0.05) is 23.0 Å². The molecule has 3 atom stereocenters. The maximum absolute atomic E-state index is 10.0. The smallest absolute Gasteiger partial charge is 0.166 e. The minimum absolute atomic E-state index is 0.0176. The molecule has 0 radical (unpaired) electrons. The van der Waals surface area contributed by atoms with E-state index in [0.717, 1.165) is 35.5 Å². The summed E-state index contributed by atoms with van der Waals surface area (Å²) in [5, 5.41) is 10.0. The Morgan fingerprint density at radius 3 is 3.09 bits per heavy atom. The van der Waals surface area contributed by atoms with Gasteiger partial charge in [-0.3, -0.25) is 0 Å². The van der Waals surface area contributed by atoms with Crippen molar-refractivity contribution < 1.29 is 14.6 Å². The first-order chi connectivity index (χ1) is 10.5. The third-order valence-corrected chi connectivity index (χ3v) is 5.93. The van der Waals surface area contributed by atoms with Crippen LogP contribution in [0.5, 0.6) is 11.5 Å². The number of aliphatic hydroxyl groups excluding tert-OH is 1. The van der Waals surface area contributed by atoms with Gasteiger partial charge in [-0.25, -0.2) is 0 Å². The molecule has 1 N–H and O–H groups in total. The van der Waals surface area contributed by atoms with Crippen LogP contribution in [0.2, 0.25) is 0 Å². The number of ether oxygens (including phenoxy) is 2. The van der Waals surface area contributed by atoms with E-state index in [9.17, 15) is 5.11 Å². The molecule has 2 heterocycles. The second-order valence-electron chi connectivity index (χ2n) is 6.54. The van der Waals surface area contributed by atoms with Crippen molar-refractivity contribution in [1.29, 1.82) is 0 Å². The van der Waals surface area contributed by atoms with Gasteiger partial charge in [-0.2, -0.15) is 0 Å². The SMILES string of the molecule is COc1cc(Br)c2c3c1O[C@H]1C[C@@H](O)C=C[C@@]31CCN(C)C2. The largest absolute Gasteiger partial charge is 0.493 e. The van der Waals surface area contributed by atoms with Crippen LogP contribution in [0.25, 0.3) is 0 Å². The fourth-order valence-corrected chi connectivity index (χ4v) is 4.63. The lowest BCUT2D eigenvalue weighted by Gasteiger charge is -2.35. The summed E-state index contributed by atoms with van der Waals surface area (Å²) in [6.07, 6.45) is 5.29. The molecule has 22 heavy (non-hydrogen) atoms. The molecule has 1 aromatic carbocycles. The van der Waals surface area contributed by atoms with Crippen LogP contribution in [0, 0.1) is 0 Å². The first-order valence-corrected chi connectivity index (χ1v) is 8.47. The highest BCUT2D eigenvalue weighted by atomic mass is 79.9. The van der Waals surface area contributed by atoms with Gasteiger partial charge >= 0.3 is 0 Å². The Bertz CT molecular complexity index is 660. The van der Waals surface area contributed by atoms with Gasteiger partial charge in [0.2, 0.25) is 0 Å². The van der Waals surface area contributed by atoms with Gasteiger partial charge in [-0.1, -0.05) is 28.1 Å². The maximum atomic E-state index is 10.0. The average Bonchev–Trinajstić information content (AvgIpc) is 2.74. The summed E-state index contributed by atoms with van der Waals surface area (Å²) >= 11 is 3.71. The van der Waals surface area contributed by atoms with Crippen molar-refractivity contribution in [3.63, 3.8) is 0 Å². The van der Waals surface area contributed by atoms with Crippen molar-refractivity contribution >= 4 is 15.9 Å². The number of halogens is 1. The van der Waals surface area contributed by atoms with E-state index >= 15 is 0 Å². The first-order valence-electron chi connectivity index (χ1n) is 7.67. The fraction of sp³-hybridized carbons (Fsp3) is 0.529. The molecular weight excluding hydrogens is 346 g/mol. The molecule has 1 spiro atoms. The second-order valence-corrected chi connectivity index (χ2v) is 7.39. The molecule has 3 aliphatic rings. The van der Waals surface area contributed by atoms with Gasteiger partial charge < -0.3 is 19.5 Å². The third kappa shape index (κ3) is 1.88. The van der Waals surface area contributed by atoms with E-state index in [4.69, 9.17) is 9.47 Å². The summed E-state index contributed by atoms with van der Waals surface area (Å²) in [6, 6.07) is 2.00. The summed E-state index contributed by atoms with van der Waals surface area (Å²) in [6.45, 7) is 1.89. The van der Waals surface area contributed by atoms with Gasteiger partial charge in [0.05, 0.1) is 18.6 Å². The monoisotopic (exact) mass is 365 g/mol. The first kappa shape index (κ1) is 14.5. The van der Waals surface area contributed by atoms with E-state index in [1.807, 2.05) is 12.1 Å². The lowest BCUT2D eigenvalue weighted by Crippen LogP contribution is -2.42. The standard InChI is InChI=1S/C17H20BrNO3/c1-19-6-5-17-4-3-10(20)7-14(17)22-16-13(21-2)8-12(18)11(9-19)15(16)17/h3-4,8,10,14,20H,5-7,9H2,1-2H3/t10-,14-,17-/m0/s1. The van der Waals surface area contributed by atoms with Gasteiger partial charge in [-0.15, -0.1) is 0 Å². The molecule has 0 amide bonds. The lowest BCUT2D eigenvalue weighted by molar-refractivity contribution is 0.0821. The summed E-state index contributed by atoms with van der Waals surface area (Å²) in [7, 11) is 3.83. The second kappa shape index (κ2) is 4.98. The van der Waals surface area contributed by atoms with E-state index in [-0.39, 0.29) is 11.5 Å². The Morgan fingerprint density at radius 2 is 2.32 bits per heavy atom. The number of hydrogen-bond acceptors (Lipinski definition) is 4. The van der Waals surface area contributed by atoms with E-state index in [1.54, 1.807) is 7.11 Å². The van der Waals surface area contributed by atoms with Gasteiger partial charge in [0.15, 0.2) is 11.5 Å². The molecule has 0 bridgehead atoms. The van der Waals surface area contributed by atoms with Crippen LogP contribution >= 0.6 is 15.9 Å². The number of nitrogens with zero attached hydrogens (tertiary/aromatic N) is 1. The summed E-state index contributed by atoms with van der Waals surface area (Å²) in [4.78, 5) is 2.34. The molecule has 0 unspecified atom stereocenters. The van der Waals surface area contributed by atoms with Crippen LogP contribution in [-0.4, -0.2) is 42.9 Å². The van der Waals surface area contributed by atoms with Crippen molar-refractivity contribution in [3.05, 3.63) is 33.8 Å². The molecule has 118 valence electrons. The molecule has 0 saturated carbocycles. The van der Waals surface area contributed by atoms with E-state index in [2.05, 4.69) is 34.0 Å². The molecule has 5 heteroatoms. The average molecular weight is 366 g/mol. The number of benzene rings is 1. The molecule has 1 aromatic rings. The molecule has 0 fully saturated rings. The van der Waals surface area contributed by atoms with Crippen molar-refractivity contribution in [3.8, 4) is 11.5 Å². The molecule has 4 nitrogen and oxygen atoms in total. The molecular formula is C17H20BrNO3. The van der Waals surface area contributed by atoms with Gasteiger partial charge in [0.1, 0.15) is 6.10 Å². The van der Waals surface area contributed by atoms with Crippen LogP contribution < -0.4 is 9.47 Å². The predicted octanol–water partition coefficient (Wildman–Crippen LogP) is 2.61. The molecule has 1 aliphatic carbocycles. The fourth-order valence-electron chi connectivity index (χ4n) is 4.10. The Morgan fingerprint density at radius 1 is 1.50 bits per heavy atom. The van der Waals surface area contributed by atoms with Crippen molar-refractivity contribution in [2.75, 3.05) is 20.7 Å². The summed E-state index contributed by atoms with van der Waals surface area (Å²) < 4.78 is 12.9. The molecule has 0 saturated heterocycles. The van der Waals surface area contributed by atoms with Crippen LogP contribution in [0.15, 0.2) is 22.7 Å².